The average Bonchev–Trinajstić information content (AvgIpc) is 2.55. The molecule has 3 rings (SSSR count). The van der Waals surface area contributed by atoms with Crippen LogP contribution >= 0.6 is 0 Å². The topological polar surface area (TPSA) is 21.7 Å². The molecule has 0 saturated heterocycles. The van der Waals surface area contributed by atoms with Gasteiger partial charge in [0.1, 0.15) is 11.5 Å². The first-order valence-electron chi connectivity index (χ1n) is 7.64. The molecule has 2 aromatic carbocycles. The number of hydrogen-bond acceptors (Lipinski definition) is 3. The van der Waals surface area contributed by atoms with Crippen LogP contribution in [0.4, 0.5) is 13.2 Å². The summed E-state index contributed by atoms with van der Waals surface area (Å²) in [5, 5.41) is 0. The molecule has 0 saturated carbocycles. The van der Waals surface area contributed by atoms with Crippen molar-refractivity contribution < 1.29 is 22.6 Å². The molecule has 1 aliphatic heterocycles. The number of hydrogen-bond donors (Lipinski definition) is 0. The summed E-state index contributed by atoms with van der Waals surface area (Å²) in [5.41, 5.74) is 1.74. The van der Waals surface area contributed by atoms with Gasteiger partial charge in [-0.05, 0) is 53.9 Å². The quantitative estimate of drug-likeness (QED) is 0.822. The van der Waals surface area contributed by atoms with Crippen LogP contribution in [0.3, 0.4) is 0 Å². The van der Waals surface area contributed by atoms with Gasteiger partial charge in [0.15, 0.2) is 0 Å². The fraction of sp³-hybridized carbons (Fsp3) is 0.333. The van der Waals surface area contributed by atoms with Crippen molar-refractivity contribution in [2.75, 3.05) is 20.4 Å². The summed E-state index contributed by atoms with van der Waals surface area (Å²) in [5.74, 6) is 1.02. The minimum atomic E-state index is -4.33. The lowest BCUT2D eigenvalue weighted by Crippen LogP contribution is -2.31. The van der Waals surface area contributed by atoms with Gasteiger partial charge in [-0.3, -0.25) is 4.90 Å². The summed E-state index contributed by atoms with van der Waals surface area (Å²) in [6.45, 7) is 2.33. The second-order valence-corrected chi connectivity index (χ2v) is 5.78. The van der Waals surface area contributed by atoms with Crippen molar-refractivity contribution in [1.29, 1.82) is 0 Å². The van der Waals surface area contributed by atoms with Crippen molar-refractivity contribution in [2.45, 2.75) is 19.1 Å². The molecule has 0 bridgehead atoms. The zero-order valence-electron chi connectivity index (χ0n) is 13.3. The predicted molar refractivity (Wildman–Crippen MR) is 84.0 cm³/mol. The van der Waals surface area contributed by atoms with E-state index in [9.17, 15) is 13.2 Å². The van der Waals surface area contributed by atoms with Gasteiger partial charge in [-0.25, -0.2) is 0 Å². The van der Waals surface area contributed by atoms with Crippen LogP contribution in [0.25, 0.3) is 0 Å². The van der Waals surface area contributed by atoms with Crippen molar-refractivity contribution in [2.24, 2.45) is 0 Å². The van der Waals surface area contributed by atoms with Crippen molar-refractivity contribution in [3.05, 3.63) is 59.2 Å². The molecule has 1 heterocycles. The minimum absolute atomic E-state index is 0.389. The van der Waals surface area contributed by atoms with Crippen LogP contribution in [0.5, 0.6) is 11.5 Å². The van der Waals surface area contributed by atoms with Gasteiger partial charge in [0, 0.05) is 20.2 Å². The van der Waals surface area contributed by atoms with Crippen LogP contribution in [-0.4, -0.2) is 25.3 Å². The summed E-state index contributed by atoms with van der Waals surface area (Å²) >= 11 is 0. The maximum Gasteiger partial charge on any atom is 0.416 e. The van der Waals surface area contributed by atoms with Crippen molar-refractivity contribution in [3.63, 3.8) is 0 Å². The Morgan fingerprint density at radius 2 is 1.71 bits per heavy atom. The maximum atomic E-state index is 12.6. The molecule has 0 radical (unpaired) electrons. The Kier molecular flexibility index (Phi) is 4.78. The van der Waals surface area contributed by atoms with E-state index in [2.05, 4.69) is 4.90 Å². The molecule has 0 unspecified atom stereocenters. The highest BCUT2D eigenvalue weighted by Gasteiger charge is 2.30. The van der Waals surface area contributed by atoms with E-state index in [0.717, 1.165) is 31.6 Å². The molecular formula is C18H18F3NO2. The van der Waals surface area contributed by atoms with Gasteiger partial charge in [0.2, 0.25) is 0 Å². The third-order valence-electron chi connectivity index (χ3n) is 4.00. The number of rotatable bonds is 4. The molecule has 0 aromatic heterocycles. The Labute approximate surface area is 138 Å². The number of alkyl halides is 3. The zero-order chi connectivity index (χ0) is 17.2. The van der Waals surface area contributed by atoms with Gasteiger partial charge in [-0.2, -0.15) is 13.2 Å². The normalized spacial score (nSPS) is 15.2. The molecule has 0 spiro atoms. The van der Waals surface area contributed by atoms with E-state index in [-0.39, 0.29) is 0 Å². The summed E-state index contributed by atoms with van der Waals surface area (Å²) in [4.78, 5) is 2.21. The van der Waals surface area contributed by atoms with Gasteiger partial charge >= 0.3 is 6.18 Å². The van der Waals surface area contributed by atoms with Crippen LogP contribution in [0.15, 0.2) is 42.5 Å². The molecule has 0 atom stereocenters. The van der Waals surface area contributed by atoms with Gasteiger partial charge < -0.3 is 9.47 Å². The first-order chi connectivity index (χ1) is 11.5. The number of fused-ring (bicyclic) bond motifs is 1. The Balaban J connectivity index is 1.71. The summed E-state index contributed by atoms with van der Waals surface area (Å²) in [6.07, 6.45) is -3.44. The molecule has 3 nitrogen and oxygen atoms in total. The molecule has 24 heavy (non-hydrogen) atoms. The smallest absolute Gasteiger partial charge is 0.416 e. The number of benzene rings is 2. The second-order valence-electron chi connectivity index (χ2n) is 5.78. The highest BCUT2D eigenvalue weighted by molar-refractivity contribution is 5.40. The standard InChI is InChI=1S/C18H18F3NO2/c1-23-12-22-9-8-13-10-17(5-2-14(13)11-22)24-16-6-3-15(4-7-16)18(19,20)21/h2-7,10H,8-9,11-12H2,1H3. The number of methoxy groups -OCH3 is 1. The second kappa shape index (κ2) is 6.83. The van der Waals surface area contributed by atoms with Crippen molar-refractivity contribution >= 4 is 0 Å². The third-order valence-corrected chi connectivity index (χ3v) is 4.00. The molecule has 0 aliphatic carbocycles. The Bertz CT molecular complexity index is 698. The predicted octanol–water partition coefficient (Wildman–Crippen LogP) is 4.46. The molecule has 0 N–H and O–H groups in total. The van der Waals surface area contributed by atoms with E-state index in [0.29, 0.717) is 18.2 Å². The van der Waals surface area contributed by atoms with Crippen molar-refractivity contribution in [3.8, 4) is 11.5 Å². The van der Waals surface area contributed by atoms with Crippen LogP contribution in [0.2, 0.25) is 0 Å². The molecule has 2 aromatic rings. The monoisotopic (exact) mass is 337 g/mol. The summed E-state index contributed by atoms with van der Waals surface area (Å²) in [6, 6.07) is 10.5. The first-order valence-corrected chi connectivity index (χ1v) is 7.64. The van der Waals surface area contributed by atoms with Crippen LogP contribution in [0.1, 0.15) is 16.7 Å². The van der Waals surface area contributed by atoms with E-state index >= 15 is 0 Å². The van der Waals surface area contributed by atoms with Crippen molar-refractivity contribution in [1.82, 2.24) is 4.90 Å². The minimum Gasteiger partial charge on any atom is -0.457 e. The SMILES string of the molecule is COCN1CCc2cc(Oc3ccc(C(F)(F)F)cc3)ccc2C1. The van der Waals surface area contributed by atoms with Crippen LogP contribution in [0, 0.1) is 0 Å². The summed E-state index contributed by atoms with van der Waals surface area (Å²) < 4.78 is 48.5. The highest BCUT2D eigenvalue weighted by Crippen LogP contribution is 2.32. The number of nitrogens with zero attached hydrogens (tertiary/aromatic N) is 1. The molecule has 0 amide bonds. The maximum absolute atomic E-state index is 12.6. The Hall–Kier alpha value is -2.05. The lowest BCUT2D eigenvalue weighted by Gasteiger charge is -2.28. The molecule has 1 aliphatic rings. The van der Waals surface area contributed by atoms with Crippen LogP contribution < -0.4 is 4.74 Å². The van der Waals surface area contributed by atoms with E-state index in [1.807, 2.05) is 18.2 Å². The van der Waals surface area contributed by atoms with Gasteiger partial charge in [-0.15, -0.1) is 0 Å². The van der Waals surface area contributed by atoms with Gasteiger partial charge in [0.25, 0.3) is 0 Å². The average molecular weight is 337 g/mol. The van der Waals surface area contributed by atoms with E-state index in [1.54, 1.807) is 7.11 Å². The van der Waals surface area contributed by atoms with Gasteiger partial charge in [0.05, 0.1) is 12.3 Å². The fourth-order valence-electron chi connectivity index (χ4n) is 2.79. The fourth-order valence-corrected chi connectivity index (χ4v) is 2.79. The third kappa shape index (κ3) is 3.88. The van der Waals surface area contributed by atoms with E-state index in [1.165, 1.54) is 23.3 Å². The zero-order valence-corrected chi connectivity index (χ0v) is 13.3. The molecular weight excluding hydrogens is 319 g/mol. The largest absolute Gasteiger partial charge is 0.457 e. The molecule has 128 valence electrons. The highest BCUT2D eigenvalue weighted by atomic mass is 19.4. The lowest BCUT2D eigenvalue weighted by atomic mass is 10.00. The Morgan fingerprint density at radius 3 is 2.38 bits per heavy atom. The van der Waals surface area contributed by atoms with E-state index in [4.69, 9.17) is 9.47 Å². The number of ether oxygens (including phenoxy) is 2. The van der Waals surface area contributed by atoms with E-state index < -0.39 is 11.7 Å². The summed E-state index contributed by atoms with van der Waals surface area (Å²) in [7, 11) is 1.68. The molecule has 0 fully saturated rings. The van der Waals surface area contributed by atoms with Crippen LogP contribution in [-0.2, 0) is 23.9 Å². The lowest BCUT2D eigenvalue weighted by molar-refractivity contribution is -0.137. The first kappa shape index (κ1) is 16.8. The number of halogens is 3. The van der Waals surface area contributed by atoms with Gasteiger partial charge in [-0.1, -0.05) is 6.07 Å². The molecule has 6 heteroatoms. The Morgan fingerprint density at radius 1 is 1.00 bits per heavy atom.